The third-order valence-electron chi connectivity index (χ3n) is 2.61. The Morgan fingerprint density at radius 2 is 2.00 bits per heavy atom. The third kappa shape index (κ3) is 3.23. The van der Waals surface area contributed by atoms with Crippen LogP contribution in [0.4, 0.5) is 4.39 Å². The van der Waals surface area contributed by atoms with Crippen molar-refractivity contribution in [2.45, 2.75) is 6.54 Å². The van der Waals surface area contributed by atoms with E-state index in [9.17, 15) is 14.3 Å². The molecule has 3 nitrogen and oxygen atoms in total. The van der Waals surface area contributed by atoms with Crippen LogP contribution in [-0.2, 0) is 6.54 Å². The van der Waals surface area contributed by atoms with Crippen molar-refractivity contribution in [2.24, 2.45) is 0 Å². The summed E-state index contributed by atoms with van der Waals surface area (Å²) in [4.78, 5) is 11.8. The van der Waals surface area contributed by atoms with Gasteiger partial charge in [0.1, 0.15) is 11.6 Å². The van der Waals surface area contributed by atoms with Crippen molar-refractivity contribution in [3.63, 3.8) is 0 Å². The number of para-hydroxylation sites is 1. The molecular weight excluding hydrogens is 269 g/mol. The van der Waals surface area contributed by atoms with Gasteiger partial charge < -0.3 is 10.4 Å². The number of carbonyl (C=O) groups is 1. The number of rotatable bonds is 3. The van der Waals surface area contributed by atoms with Gasteiger partial charge in [-0.3, -0.25) is 4.79 Å². The predicted octanol–water partition coefficient (Wildman–Crippen LogP) is 3.11. The number of nitrogens with one attached hydrogen (secondary N) is 1. The van der Waals surface area contributed by atoms with Crippen molar-refractivity contribution in [1.29, 1.82) is 0 Å². The number of amides is 1. The Bertz CT molecular complexity index is 616. The van der Waals surface area contributed by atoms with Crippen LogP contribution in [0.25, 0.3) is 0 Å². The zero-order valence-corrected chi connectivity index (χ0v) is 10.6. The van der Waals surface area contributed by atoms with Gasteiger partial charge in [0.15, 0.2) is 0 Å². The SMILES string of the molecule is O=C(NCc1ccccc1O)c1ccc(Cl)c(F)c1. The second kappa shape index (κ2) is 5.71. The van der Waals surface area contributed by atoms with E-state index in [-0.39, 0.29) is 22.9 Å². The first kappa shape index (κ1) is 13.4. The van der Waals surface area contributed by atoms with Gasteiger partial charge in [0.25, 0.3) is 5.91 Å². The zero-order chi connectivity index (χ0) is 13.8. The van der Waals surface area contributed by atoms with E-state index in [1.807, 2.05) is 0 Å². The topological polar surface area (TPSA) is 49.3 Å². The van der Waals surface area contributed by atoms with Gasteiger partial charge in [-0.15, -0.1) is 0 Å². The Kier molecular flexibility index (Phi) is 4.02. The minimum atomic E-state index is -0.642. The van der Waals surface area contributed by atoms with Gasteiger partial charge in [-0.1, -0.05) is 29.8 Å². The highest BCUT2D eigenvalue weighted by molar-refractivity contribution is 6.30. The van der Waals surface area contributed by atoms with Crippen molar-refractivity contribution in [3.8, 4) is 5.75 Å². The summed E-state index contributed by atoms with van der Waals surface area (Å²) in [6, 6.07) is 10.5. The maximum atomic E-state index is 13.2. The molecule has 0 aliphatic rings. The Morgan fingerprint density at radius 3 is 2.68 bits per heavy atom. The Labute approximate surface area is 114 Å². The number of hydrogen-bond acceptors (Lipinski definition) is 2. The van der Waals surface area contributed by atoms with Crippen molar-refractivity contribution in [1.82, 2.24) is 5.32 Å². The van der Waals surface area contributed by atoms with Gasteiger partial charge in [-0.2, -0.15) is 0 Å². The Balaban J connectivity index is 2.05. The maximum absolute atomic E-state index is 13.2. The minimum Gasteiger partial charge on any atom is -0.508 e. The number of carbonyl (C=O) groups excluding carboxylic acids is 1. The molecule has 0 fully saturated rings. The van der Waals surface area contributed by atoms with Crippen LogP contribution < -0.4 is 5.32 Å². The lowest BCUT2D eigenvalue weighted by Gasteiger charge is -2.07. The molecular formula is C14H11ClFNO2. The molecule has 0 aliphatic carbocycles. The Morgan fingerprint density at radius 1 is 1.26 bits per heavy atom. The molecule has 0 atom stereocenters. The van der Waals surface area contributed by atoms with Gasteiger partial charge in [-0.25, -0.2) is 4.39 Å². The summed E-state index contributed by atoms with van der Waals surface area (Å²) < 4.78 is 13.2. The van der Waals surface area contributed by atoms with Gasteiger partial charge in [0.2, 0.25) is 0 Å². The summed E-state index contributed by atoms with van der Waals surface area (Å²) >= 11 is 5.54. The van der Waals surface area contributed by atoms with E-state index < -0.39 is 11.7 Å². The first-order valence-electron chi connectivity index (χ1n) is 5.58. The molecule has 2 N–H and O–H groups in total. The normalized spacial score (nSPS) is 10.2. The second-order valence-electron chi connectivity index (χ2n) is 3.94. The molecule has 0 spiro atoms. The quantitative estimate of drug-likeness (QED) is 0.907. The molecule has 5 heteroatoms. The maximum Gasteiger partial charge on any atom is 0.251 e. The van der Waals surface area contributed by atoms with Gasteiger partial charge in [-0.05, 0) is 24.3 Å². The number of aromatic hydroxyl groups is 1. The molecule has 2 rings (SSSR count). The zero-order valence-electron chi connectivity index (χ0n) is 9.86. The second-order valence-corrected chi connectivity index (χ2v) is 4.35. The van der Waals surface area contributed by atoms with E-state index in [2.05, 4.69) is 5.32 Å². The highest BCUT2D eigenvalue weighted by Crippen LogP contribution is 2.17. The van der Waals surface area contributed by atoms with E-state index in [1.165, 1.54) is 18.2 Å². The number of phenols is 1. The van der Waals surface area contributed by atoms with Crippen LogP contribution in [0.15, 0.2) is 42.5 Å². The monoisotopic (exact) mass is 279 g/mol. The molecule has 0 bridgehead atoms. The van der Waals surface area contributed by atoms with Crippen LogP contribution in [-0.4, -0.2) is 11.0 Å². The largest absolute Gasteiger partial charge is 0.508 e. The molecule has 0 heterocycles. The van der Waals surface area contributed by atoms with Crippen molar-refractivity contribution >= 4 is 17.5 Å². The molecule has 0 saturated carbocycles. The summed E-state index contributed by atoms with van der Waals surface area (Å²) in [6.45, 7) is 0.162. The lowest BCUT2D eigenvalue weighted by atomic mass is 10.1. The average Bonchev–Trinajstić information content (AvgIpc) is 2.40. The summed E-state index contributed by atoms with van der Waals surface area (Å²) in [7, 11) is 0. The lowest BCUT2D eigenvalue weighted by molar-refractivity contribution is 0.0950. The Hall–Kier alpha value is -2.07. The summed E-state index contributed by atoms with van der Waals surface area (Å²) in [5.41, 5.74) is 0.766. The fourth-order valence-electron chi connectivity index (χ4n) is 1.58. The van der Waals surface area contributed by atoms with Crippen molar-refractivity contribution in [3.05, 3.63) is 64.4 Å². The molecule has 19 heavy (non-hydrogen) atoms. The predicted molar refractivity (Wildman–Crippen MR) is 70.7 cm³/mol. The smallest absolute Gasteiger partial charge is 0.251 e. The molecule has 0 radical (unpaired) electrons. The number of hydrogen-bond donors (Lipinski definition) is 2. The average molecular weight is 280 g/mol. The number of halogens is 2. The van der Waals surface area contributed by atoms with Crippen LogP contribution in [0, 0.1) is 5.82 Å². The van der Waals surface area contributed by atoms with Crippen molar-refractivity contribution in [2.75, 3.05) is 0 Å². The van der Waals surface area contributed by atoms with E-state index in [0.717, 1.165) is 6.07 Å². The molecule has 0 unspecified atom stereocenters. The standard InChI is InChI=1S/C14H11ClFNO2/c15-11-6-5-9(7-12(11)16)14(19)17-8-10-3-1-2-4-13(10)18/h1-7,18H,8H2,(H,17,19). The number of phenolic OH excluding ortho intramolecular Hbond substituents is 1. The van der Waals surface area contributed by atoms with E-state index in [1.54, 1.807) is 18.2 Å². The molecule has 0 aromatic heterocycles. The first-order chi connectivity index (χ1) is 9.08. The highest BCUT2D eigenvalue weighted by Gasteiger charge is 2.09. The molecule has 1 amide bonds. The summed E-state index contributed by atoms with van der Waals surface area (Å²) in [5, 5.41) is 12.1. The molecule has 98 valence electrons. The summed E-state index contributed by atoms with van der Waals surface area (Å²) in [6.07, 6.45) is 0. The summed E-state index contributed by atoms with van der Waals surface area (Å²) in [5.74, 6) is -0.971. The van der Waals surface area contributed by atoms with Crippen LogP contribution in [0.5, 0.6) is 5.75 Å². The van der Waals surface area contributed by atoms with Crippen LogP contribution in [0.2, 0.25) is 5.02 Å². The fraction of sp³-hybridized carbons (Fsp3) is 0.0714. The lowest BCUT2D eigenvalue weighted by Crippen LogP contribution is -2.22. The minimum absolute atomic E-state index is 0.0303. The molecule has 2 aromatic rings. The molecule has 0 aliphatic heterocycles. The first-order valence-corrected chi connectivity index (χ1v) is 5.96. The van der Waals surface area contributed by atoms with Gasteiger partial charge >= 0.3 is 0 Å². The van der Waals surface area contributed by atoms with Crippen LogP contribution in [0.3, 0.4) is 0 Å². The van der Waals surface area contributed by atoms with Gasteiger partial charge in [0, 0.05) is 17.7 Å². The molecule has 0 saturated heterocycles. The molecule has 2 aromatic carbocycles. The fourth-order valence-corrected chi connectivity index (χ4v) is 1.69. The van der Waals surface area contributed by atoms with Gasteiger partial charge in [0.05, 0.1) is 5.02 Å². The van der Waals surface area contributed by atoms with E-state index >= 15 is 0 Å². The third-order valence-corrected chi connectivity index (χ3v) is 2.92. The van der Waals surface area contributed by atoms with Crippen molar-refractivity contribution < 1.29 is 14.3 Å². The van der Waals surface area contributed by atoms with E-state index in [4.69, 9.17) is 11.6 Å². The number of benzene rings is 2. The van der Waals surface area contributed by atoms with Crippen LogP contribution >= 0.6 is 11.6 Å². The van der Waals surface area contributed by atoms with Crippen LogP contribution in [0.1, 0.15) is 15.9 Å². The highest BCUT2D eigenvalue weighted by atomic mass is 35.5. The van der Waals surface area contributed by atoms with E-state index in [0.29, 0.717) is 5.56 Å².